The van der Waals surface area contributed by atoms with Crippen LogP contribution in [0.4, 0.5) is 0 Å². The molecule has 0 amide bonds. The lowest BCUT2D eigenvalue weighted by Crippen LogP contribution is -2.35. The minimum Gasteiger partial charge on any atom is -0.386 e. The molecule has 1 N–H and O–H groups in total. The molecule has 2 heteroatoms. The Morgan fingerprint density at radius 2 is 1.82 bits per heavy atom. The molecule has 0 spiro atoms. The van der Waals surface area contributed by atoms with Crippen molar-refractivity contribution in [1.29, 1.82) is 0 Å². The molecule has 0 saturated heterocycles. The third-order valence-electron chi connectivity index (χ3n) is 5.43. The summed E-state index contributed by atoms with van der Waals surface area (Å²) in [6, 6.07) is 0. The summed E-state index contributed by atoms with van der Waals surface area (Å²) in [5.41, 5.74) is 2.34. The summed E-state index contributed by atoms with van der Waals surface area (Å²) >= 11 is 0. The second-order valence-electron chi connectivity index (χ2n) is 7.88. The molecule has 2 unspecified atom stereocenters. The van der Waals surface area contributed by atoms with Gasteiger partial charge in [0.05, 0.1) is 5.60 Å². The molecule has 0 fully saturated rings. The fourth-order valence-electron chi connectivity index (χ4n) is 3.75. The van der Waals surface area contributed by atoms with E-state index in [1.807, 2.05) is 0 Å². The normalized spacial score (nSPS) is 30.9. The highest BCUT2D eigenvalue weighted by Gasteiger charge is 2.48. The lowest BCUT2D eigenvalue weighted by atomic mass is 9.69. The summed E-state index contributed by atoms with van der Waals surface area (Å²) in [7, 11) is 0. The quantitative estimate of drug-likeness (QED) is 0.710. The number of aliphatic hydroxyl groups is 1. The Bertz CT molecular complexity index is 543. The summed E-state index contributed by atoms with van der Waals surface area (Å²) < 4.78 is 0. The van der Waals surface area contributed by atoms with Crippen LogP contribution in [0.5, 0.6) is 0 Å². The summed E-state index contributed by atoms with van der Waals surface area (Å²) in [6.45, 7) is 10.0. The van der Waals surface area contributed by atoms with Gasteiger partial charge in [-0.15, -0.1) is 0 Å². The van der Waals surface area contributed by atoms with Crippen molar-refractivity contribution >= 4 is 5.78 Å². The van der Waals surface area contributed by atoms with Crippen molar-refractivity contribution in [2.75, 3.05) is 0 Å². The van der Waals surface area contributed by atoms with Gasteiger partial charge in [-0.05, 0) is 77.4 Å². The van der Waals surface area contributed by atoms with Gasteiger partial charge in [-0.25, -0.2) is 0 Å². The van der Waals surface area contributed by atoms with Crippen molar-refractivity contribution in [2.24, 2.45) is 11.3 Å². The van der Waals surface area contributed by atoms with E-state index in [2.05, 4.69) is 32.9 Å². The second-order valence-corrected chi connectivity index (χ2v) is 7.88. The molecule has 2 aliphatic rings. The first kappa shape index (κ1) is 17.2. The van der Waals surface area contributed by atoms with Crippen molar-refractivity contribution in [3.63, 3.8) is 0 Å². The van der Waals surface area contributed by atoms with E-state index in [9.17, 15) is 9.90 Å². The van der Waals surface area contributed by atoms with Crippen LogP contribution in [0.2, 0.25) is 0 Å². The van der Waals surface area contributed by atoms with Crippen LogP contribution in [0.1, 0.15) is 66.7 Å². The van der Waals surface area contributed by atoms with Gasteiger partial charge in [0.15, 0.2) is 5.78 Å². The Hall–Kier alpha value is -1.15. The lowest BCUT2D eigenvalue weighted by molar-refractivity contribution is -0.123. The van der Waals surface area contributed by atoms with E-state index in [1.54, 1.807) is 19.9 Å². The maximum Gasteiger partial charge on any atom is 0.162 e. The van der Waals surface area contributed by atoms with Gasteiger partial charge in [-0.2, -0.15) is 0 Å². The van der Waals surface area contributed by atoms with Crippen LogP contribution in [0.3, 0.4) is 0 Å². The van der Waals surface area contributed by atoms with Gasteiger partial charge in [0.25, 0.3) is 0 Å². The largest absolute Gasteiger partial charge is 0.386 e. The van der Waals surface area contributed by atoms with Gasteiger partial charge in [0.2, 0.25) is 0 Å². The maximum atomic E-state index is 12.7. The maximum absolute atomic E-state index is 12.7. The van der Waals surface area contributed by atoms with Crippen molar-refractivity contribution in [3.05, 3.63) is 34.9 Å². The minimum atomic E-state index is -0.922. The molecule has 0 saturated carbocycles. The first-order valence-corrected chi connectivity index (χ1v) is 8.45. The molecular formula is C20H30O2. The lowest BCUT2D eigenvalue weighted by Gasteiger charge is -2.35. The summed E-state index contributed by atoms with van der Waals surface area (Å²) in [6.07, 6.45) is 11.1. The number of fused-ring (bicyclic) bond motifs is 1. The summed E-state index contributed by atoms with van der Waals surface area (Å²) in [5, 5.41) is 10.5. The molecule has 22 heavy (non-hydrogen) atoms. The van der Waals surface area contributed by atoms with Crippen LogP contribution in [-0.4, -0.2) is 16.5 Å². The Kier molecular flexibility index (Phi) is 4.81. The number of carbonyl (C=O) groups excluding carboxylic acids is 1. The predicted octanol–water partition coefficient (Wildman–Crippen LogP) is 4.75. The van der Waals surface area contributed by atoms with Crippen LogP contribution in [0.25, 0.3) is 0 Å². The van der Waals surface area contributed by atoms with E-state index in [0.29, 0.717) is 0 Å². The third kappa shape index (κ3) is 3.43. The van der Waals surface area contributed by atoms with Crippen LogP contribution in [-0.2, 0) is 4.79 Å². The van der Waals surface area contributed by atoms with Crippen LogP contribution in [0, 0.1) is 11.3 Å². The monoisotopic (exact) mass is 302 g/mol. The standard InChI is InChI=1S/C20H30O2/c1-14-7-6-8-15(2)11-12-20(5)16(10-9-14)17(13-18(20)21)19(3,4)22/h7,11,13,16,22H,6,8-10,12H2,1-5H3. The van der Waals surface area contributed by atoms with Crippen molar-refractivity contribution in [1.82, 2.24) is 0 Å². The molecule has 2 nitrogen and oxygen atoms in total. The topological polar surface area (TPSA) is 37.3 Å². The zero-order valence-corrected chi connectivity index (χ0v) is 14.7. The summed E-state index contributed by atoms with van der Waals surface area (Å²) in [5.74, 6) is 0.310. The molecule has 0 radical (unpaired) electrons. The van der Waals surface area contributed by atoms with E-state index in [0.717, 1.165) is 37.7 Å². The van der Waals surface area contributed by atoms with Crippen LogP contribution in [0.15, 0.2) is 34.9 Å². The molecular weight excluding hydrogens is 272 g/mol. The second kappa shape index (κ2) is 6.16. The van der Waals surface area contributed by atoms with Crippen LogP contribution < -0.4 is 0 Å². The zero-order chi connectivity index (χ0) is 16.5. The number of rotatable bonds is 1. The number of hydrogen-bond donors (Lipinski definition) is 1. The zero-order valence-electron chi connectivity index (χ0n) is 14.7. The number of carbonyl (C=O) groups is 1. The van der Waals surface area contributed by atoms with E-state index < -0.39 is 11.0 Å². The fourth-order valence-corrected chi connectivity index (χ4v) is 3.75. The molecule has 0 aromatic rings. The Balaban J connectivity index is 2.41. The molecule has 122 valence electrons. The number of ketones is 1. The van der Waals surface area contributed by atoms with Gasteiger partial charge in [0, 0.05) is 5.41 Å². The Morgan fingerprint density at radius 3 is 2.45 bits per heavy atom. The highest BCUT2D eigenvalue weighted by Crippen LogP contribution is 2.49. The third-order valence-corrected chi connectivity index (χ3v) is 5.43. The SMILES string of the molecule is CC1=CCC2(C)C(=O)C=C(C(C)(C)O)C2CCC(C)=CCC1. The van der Waals surface area contributed by atoms with Crippen molar-refractivity contribution < 1.29 is 9.90 Å². The van der Waals surface area contributed by atoms with E-state index in [4.69, 9.17) is 0 Å². The molecule has 0 aromatic heterocycles. The van der Waals surface area contributed by atoms with E-state index in [1.165, 1.54) is 11.1 Å². The molecule has 2 rings (SSSR count). The molecule has 2 aliphatic carbocycles. The Morgan fingerprint density at radius 1 is 1.18 bits per heavy atom. The first-order valence-electron chi connectivity index (χ1n) is 8.45. The number of hydrogen-bond acceptors (Lipinski definition) is 2. The molecule has 0 heterocycles. The van der Waals surface area contributed by atoms with Gasteiger partial charge >= 0.3 is 0 Å². The molecule has 0 bridgehead atoms. The van der Waals surface area contributed by atoms with Gasteiger partial charge in [-0.1, -0.05) is 30.2 Å². The molecule has 0 aliphatic heterocycles. The fraction of sp³-hybridized carbons (Fsp3) is 0.650. The van der Waals surface area contributed by atoms with Crippen molar-refractivity contribution in [2.45, 2.75) is 72.3 Å². The van der Waals surface area contributed by atoms with E-state index >= 15 is 0 Å². The highest BCUT2D eigenvalue weighted by atomic mass is 16.3. The van der Waals surface area contributed by atoms with Crippen LogP contribution >= 0.6 is 0 Å². The average Bonchev–Trinajstić information content (AvgIpc) is 2.65. The number of allylic oxidation sites excluding steroid dienone is 5. The van der Waals surface area contributed by atoms with E-state index in [-0.39, 0.29) is 11.7 Å². The van der Waals surface area contributed by atoms with Gasteiger partial charge in [-0.3, -0.25) is 4.79 Å². The van der Waals surface area contributed by atoms with Gasteiger partial charge < -0.3 is 5.11 Å². The van der Waals surface area contributed by atoms with Crippen molar-refractivity contribution in [3.8, 4) is 0 Å². The average molecular weight is 302 g/mol. The molecule has 2 atom stereocenters. The van der Waals surface area contributed by atoms with Gasteiger partial charge in [0.1, 0.15) is 0 Å². The summed E-state index contributed by atoms with van der Waals surface area (Å²) in [4.78, 5) is 12.7. The predicted molar refractivity (Wildman–Crippen MR) is 91.6 cm³/mol. The first-order chi connectivity index (χ1) is 10.1. The highest BCUT2D eigenvalue weighted by molar-refractivity contribution is 5.99. The smallest absolute Gasteiger partial charge is 0.162 e. The Labute approximate surface area is 135 Å². The molecule has 0 aromatic carbocycles. The minimum absolute atomic E-state index is 0.130.